The van der Waals surface area contributed by atoms with Crippen LogP contribution < -0.4 is 5.32 Å². The van der Waals surface area contributed by atoms with Crippen LogP contribution in [0.3, 0.4) is 0 Å². The number of hydrogen-bond donors (Lipinski definition) is 2. The van der Waals surface area contributed by atoms with Crippen molar-refractivity contribution in [1.82, 2.24) is 14.7 Å². The molecule has 26 heavy (non-hydrogen) atoms. The van der Waals surface area contributed by atoms with E-state index in [-0.39, 0.29) is 18.4 Å². The quantitative estimate of drug-likeness (QED) is 0.806. The highest BCUT2D eigenvalue weighted by Gasteiger charge is 2.35. The third kappa shape index (κ3) is 4.23. The van der Waals surface area contributed by atoms with Gasteiger partial charge >= 0.3 is 5.97 Å². The molecular weight excluding hydrogens is 356 g/mol. The molecule has 138 valence electrons. The number of amides is 1. The molecule has 2 N–H and O–H groups in total. The van der Waals surface area contributed by atoms with Crippen LogP contribution >= 0.6 is 11.6 Å². The number of aliphatic carboxylic acids is 1. The molecule has 0 spiro atoms. The van der Waals surface area contributed by atoms with Crippen LogP contribution in [-0.4, -0.2) is 51.3 Å². The lowest BCUT2D eigenvalue weighted by Crippen LogP contribution is -2.33. The van der Waals surface area contributed by atoms with Gasteiger partial charge in [0.1, 0.15) is 5.82 Å². The van der Waals surface area contributed by atoms with Crippen LogP contribution in [0.4, 0.5) is 5.82 Å². The van der Waals surface area contributed by atoms with Crippen LogP contribution in [-0.2, 0) is 16.1 Å². The van der Waals surface area contributed by atoms with Gasteiger partial charge in [-0.1, -0.05) is 36.7 Å². The second-order valence-corrected chi connectivity index (χ2v) is 7.04. The Labute approximate surface area is 156 Å². The van der Waals surface area contributed by atoms with Crippen molar-refractivity contribution in [2.45, 2.75) is 13.5 Å². The van der Waals surface area contributed by atoms with Gasteiger partial charge in [0.15, 0.2) is 0 Å². The number of hydrogen-bond acceptors (Lipinski definition) is 4. The number of nitrogens with zero attached hydrogens (tertiary/aromatic N) is 3. The number of carbonyl (C=O) groups excluding carboxylic acids is 1. The van der Waals surface area contributed by atoms with Crippen molar-refractivity contribution in [2.75, 3.05) is 25.0 Å². The lowest BCUT2D eigenvalue weighted by Gasteiger charge is -2.15. The minimum absolute atomic E-state index is 0.0334. The summed E-state index contributed by atoms with van der Waals surface area (Å²) < 4.78 is 1.67. The Hall–Kier alpha value is -2.38. The van der Waals surface area contributed by atoms with Crippen molar-refractivity contribution in [3.8, 4) is 0 Å². The molecule has 0 aliphatic carbocycles. The number of carboxylic acids is 1. The summed E-state index contributed by atoms with van der Waals surface area (Å²) in [5, 5.41) is 16.9. The molecule has 1 aromatic carbocycles. The van der Waals surface area contributed by atoms with Crippen molar-refractivity contribution in [3.63, 3.8) is 0 Å². The molecule has 8 heteroatoms. The van der Waals surface area contributed by atoms with Crippen molar-refractivity contribution >= 4 is 29.3 Å². The van der Waals surface area contributed by atoms with Crippen LogP contribution in [0.2, 0.25) is 5.02 Å². The molecule has 0 bridgehead atoms. The second kappa shape index (κ2) is 7.88. The number of nitrogens with one attached hydrogen (secondary N) is 1. The average molecular weight is 377 g/mol. The fraction of sp³-hybridized carbons (Fsp3) is 0.389. The van der Waals surface area contributed by atoms with Crippen LogP contribution in [0.5, 0.6) is 0 Å². The van der Waals surface area contributed by atoms with Gasteiger partial charge < -0.3 is 10.4 Å². The molecule has 2 aromatic rings. The molecule has 0 radical (unpaired) electrons. The first-order valence-corrected chi connectivity index (χ1v) is 8.82. The fourth-order valence-corrected chi connectivity index (χ4v) is 3.45. The van der Waals surface area contributed by atoms with E-state index in [1.165, 1.54) is 0 Å². The zero-order chi connectivity index (χ0) is 18.7. The Kier molecular flexibility index (Phi) is 5.58. The minimum atomic E-state index is -0.807. The maximum absolute atomic E-state index is 12.4. The topological polar surface area (TPSA) is 87.5 Å². The molecule has 1 amide bonds. The van der Waals surface area contributed by atoms with E-state index in [2.05, 4.69) is 10.4 Å². The number of anilines is 1. The lowest BCUT2D eigenvalue weighted by atomic mass is 9.99. The summed E-state index contributed by atoms with van der Waals surface area (Å²) in [6.45, 7) is 3.50. The molecule has 2 atom stereocenters. The molecule has 1 fully saturated rings. The molecule has 0 unspecified atom stereocenters. The Balaban J connectivity index is 1.60. The highest BCUT2D eigenvalue weighted by atomic mass is 35.5. The van der Waals surface area contributed by atoms with Gasteiger partial charge in [0.25, 0.3) is 0 Å². The maximum Gasteiger partial charge on any atom is 0.308 e. The summed E-state index contributed by atoms with van der Waals surface area (Å²) in [7, 11) is 0. The Bertz CT molecular complexity index is 807. The number of carboxylic acid groups (broad SMARTS) is 1. The third-order valence-corrected chi connectivity index (χ3v) is 5.00. The molecular formula is C18H21ClN4O3. The van der Waals surface area contributed by atoms with E-state index in [0.29, 0.717) is 30.5 Å². The van der Waals surface area contributed by atoms with Crippen molar-refractivity contribution in [2.24, 2.45) is 11.8 Å². The third-order valence-electron chi connectivity index (χ3n) is 4.63. The Morgan fingerprint density at radius 2 is 2.08 bits per heavy atom. The highest BCUT2D eigenvalue weighted by Crippen LogP contribution is 2.23. The standard InChI is InChI=1S/C18H21ClN4O3/c1-12-8-22(10-14(12)18(25)26)11-17(24)21-16-6-7-20-23(16)9-13-4-2-3-5-15(13)19/h2-7,12,14H,8-11H2,1H3,(H,21,24)(H,25,26)/t12-,14-/m1/s1. The predicted molar refractivity (Wildman–Crippen MR) is 98.1 cm³/mol. The molecule has 2 heterocycles. The largest absolute Gasteiger partial charge is 0.481 e. The van der Waals surface area contributed by atoms with Gasteiger partial charge in [-0.05, 0) is 17.5 Å². The summed E-state index contributed by atoms with van der Waals surface area (Å²) in [5.41, 5.74) is 0.908. The first kappa shape index (κ1) is 18.4. The van der Waals surface area contributed by atoms with Crippen LogP contribution in [0.25, 0.3) is 0 Å². The number of likely N-dealkylation sites (tertiary alicyclic amines) is 1. The number of benzene rings is 1. The van der Waals surface area contributed by atoms with Gasteiger partial charge in [-0.25, -0.2) is 4.68 Å². The van der Waals surface area contributed by atoms with Crippen LogP contribution in [0.1, 0.15) is 12.5 Å². The van der Waals surface area contributed by atoms with Crippen LogP contribution in [0.15, 0.2) is 36.5 Å². The van der Waals surface area contributed by atoms with Crippen molar-refractivity contribution in [1.29, 1.82) is 0 Å². The van der Waals surface area contributed by atoms with E-state index in [0.717, 1.165) is 5.56 Å². The van der Waals surface area contributed by atoms with Crippen molar-refractivity contribution < 1.29 is 14.7 Å². The zero-order valence-electron chi connectivity index (χ0n) is 14.4. The summed E-state index contributed by atoms with van der Waals surface area (Å²) in [6.07, 6.45) is 1.62. The van der Waals surface area contributed by atoms with E-state index >= 15 is 0 Å². The summed E-state index contributed by atoms with van der Waals surface area (Å²) >= 11 is 6.18. The number of carbonyl (C=O) groups is 2. The zero-order valence-corrected chi connectivity index (χ0v) is 15.2. The summed E-state index contributed by atoms with van der Waals surface area (Å²) in [6, 6.07) is 9.20. The molecule has 1 aromatic heterocycles. The minimum Gasteiger partial charge on any atom is -0.481 e. The molecule has 3 rings (SSSR count). The number of rotatable bonds is 6. The van der Waals surface area contributed by atoms with Gasteiger partial charge in [-0.3, -0.25) is 14.5 Å². The van der Waals surface area contributed by atoms with Gasteiger partial charge in [0.2, 0.25) is 5.91 Å². The first-order chi connectivity index (χ1) is 12.4. The summed E-state index contributed by atoms with van der Waals surface area (Å²) in [4.78, 5) is 25.4. The van der Waals surface area contributed by atoms with Crippen LogP contribution in [0, 0.1) is 11.8 Å². The second-order valence-electron chi connectivity index (χ2n) is 6.63. The predicted octanol–water partition coefficient (Wildman–Crippen LogP) is 2.18. The molecule has 0 saturated carbocycles. The monoisotopic (exact) mass is 376 g/mol. The van der Waals surface area contributed by atoms with E-state index in [1.807, 2.05) is 36.1 Å². The van der Waals surface area contributed by atoms with E-state index < -0.39 is 11.9 Å². The maximum atomic E-state index is 12.4. The van der Waals surface area contributed by atoms with Gasteiger partial charge in [0, 0.05) is 24.2 Å². The number of aromatic nitrogens is 2. The molecule has 7 nitrogen and oxygen atoms in total. The van der Waals surface area contributed by atoms with Crippen molar-refractivity contribution in [3.05, 3.63) is 47.1 Å². The van der Waals surface area contributed by atoms with E-state index in [9.17, 15) is 14.7 Å². The summed E-state index contributed by atoms with van der Waals surface area (Å²) in [5.74, 6) is -0.807. The first-order valence-electron chi connectivity index (χ1n) is 8.44. The smallest absolute Gasteiger partial charge is 0.308 e. The average Bonchev–Trinajstić information content (AvgIpc) is 3.16. The van der Waals surface area contributed by atoms with Gasteiger partial charge in [-0.2, -0.15) is 5.10 Å². The molecule has 1 saturated heterocycles. The van der Waals surface area contributed by atoms with Gasteiger partial charge in [-0.15, -0.1) is 0 Å². The highest BCUT2D eigenvalue weighted by molar-refractivity contribution is 6.31. The molecule has 1 aliphatic heterocycles. The number of halogens is 1. The fourth-order valence-electron chi connectivity index (χ4n) is 3.26. The normalized spacial score (nSPS) is 20.2. The Morgan fingerprint density at radius 3 is 2.77 bits per heavy atom. The van der Waals surface area contributed by atoms with E-state index in [1.54, 1.807) is 16.9 Å². The SMILES string of the molecule is C[C@@H]1CN(CC(=O)Nc2ccnn2Cc2ccccc2Cl)C[C@H]1C(=O)O. The molecule has 1 aliphatic rings. The lowest BCUT2D eigenvalue weighted by molar-refractivity contribution is -0.142. The van der Waals surface area contributed by atoms with E-state index in [4.69, 9.17) is 11.6 Å². The Morgan fingerprint density at radius 1 is 1.31 bits per heavy atom. The van der Waals surface area contributed by atoms with Gasteiger partial charge in [0.05, 0.1) is 25.2 Å².